The van der Waals surface area contributed by atoms with Crippen molar-refractivity contribution in [1.29, 1.82) is 0 Å². The molecule has 0 spiro atoms. The van der Waals surface area contributed by atoms with Gasteiger partial charge in [-0.2, -0.15) is 0 Å². The van der Waals surface area contributed by atoms with Crippen molar-refractivity contribution >= 4 is 27.3 Å². The largest absolute Gasteiger partial charge is 0.360 e. The van der Waals surface area contributed by atoms with E-state index in [4.69, 9.17) is 0 Å². The van der Waals surface area contributed by atoms with E-state index in [2.05, 4.69) is 20.7 Å². The number of carbonyl (C=O) groups is 1. The van der Waals surface area contributed by atoms with Gasteiger partial charge in [-0.05, 0) is 45.0 Å². The molecule has 0 aliphatic heterocycles. The Balaban J connectivity index is 1.45. The number of fused-ring (bicyclic) bond motifs is 1. The molecule has 0 atom stereocenters. The highest BCUT2D eigenvalue weighted by Crippen LogP contribution is 2.30. The Labute approximate surface area is 162 Å². The van der Waals surface area contributed by atoms with Crippen molar-refractivity contribution in [3.8, 4) is 11.3 Å². The molecule has 1 amide bonds. The van der Waals surface area contributed by atoms with Crippen LogP contribution in [0.3, 0.4) is 0 Å². The quantitative estimate of drug-likeness (QED) is 0.624. The first-order valence-electron chi connectivity index (χ1n) is 9.22. The van der Waals surface area contributed by atoms with E-state index >= 15 is 0 Å². The molecule has 8 heteroatoms. The van der Waals surface area contributed by atoms with Gasteiger partial charge in [-0.3, -0.25) is 4.79 Å². The lowest BCUT2D eigenvalue weighted by molar-refractivity contribution is 0.0951. The van der Waals surface area contributed by atoms with E-state index in [0.29, 0.717) is 12.1 Å². The second-order valence-corrected chi connectivity index (χ2v) is 8.18. The van der Waals surface area contributed by atoms with Gasteiger partial charge in [0, 0.05) is 30.8 Å². The summed E-state index contributed by atoms with van der Waals surface area (Å²) < 4.78 is 1.80. The SMILES string of the molecule is CN(C)CCNC(=O)c1cccc(-c2cn3nc(NCC4CC4)sc3n2)c1. The van der Waals surface area contributed by atoms with Gasteiger partial charge in [0.2, 0.25) is 10.1 Å². The van der Waals surface area contributed by atoms with Crippen molar-refractivity contribution in [2.24, 2.45) is 5.92 Å². The Kier molecular flexibility index (Phi) is 5.09. The average Bonchev–Trinajstić information content (AvgIpc) is 3.28. The first-order valence-corrected chi connectivity index (χ1v) is 10.0. The number of benzene rings is 1. The molecule has 4 rings (SSSR count). The van der Waals surface area contributed by atoms with Gasteiger partial charge in [0.25, 0.3) is 5.91 Å². The Hall–Kier alpha value is -2.45. The summed E-state index contributed by atoms with van der Waals surface area (Å²) in [6, 6.07) is 7.56. The number of hydrogen-bond donors (Lipinski definition) is 2. The van der Waals surface area contributed by atoms with Crippen LogP contribution in [0.2, 0.25) is 0 Å². The summed E-state index contributed by atoms with van der Waals surface area (Å²) in [4.78, 5) is 19.9. The Morgan fingerprint density at radius 1 is 1.37 bits per heavy atom. The molecule has 142 valence electrons. The highest BCUT2D eigenvalue weighted by Gasteiger charge is 2.21. The number of likely N-dealkylation sites (N-methyl/N-ethyl adjacent to an activating group) is 1. The summed E-state index contributed by atoms with van der Waals surface area (Å²) >= 11 is 1.55. The maximum atomic E-state index is 12.3. The third-order valence-corrected chi connectivity index (χ3v) is 5.43. The van der Waals surface area contributed by atoms with E-state index in [1.807, 2.05) is 49.5 Å². The number of rotatable bonds is 8. The number of amides is 1. The third kappa shape index (κ3) is 4.45. The molecule has 1 aromatic carbocycles. The Morgan fingerprint density at radius 2 is 2.22 bits per heavy atom. The number of nitrogens with one attached hydrogen (secondary N) is 2. The summed E-state index contributed by atoms with van der Waals surface area (Å²) in [7, 11) is 3.97. The number of nitrogens with zero attached hydrogens (tertiary/aromatic N) is 4. The van der Waals surface area contributed by atoms with Crippen LogP contribution < -0.4 is 10.6 Å². The number of anilines is 1. The standard InChI is InChI=1S/C19H24N6OS/c1-24(2)9-8-20-17(26)15-5-3-4-14(10-15)16-12-25-19(22-16)27-18(23-25)21-11-13-6-7-13/h3-5,10,12-13H,6-9,11H2,1-2H3,(H,20,26)(H,21,23). The molecule has 0 saturated heterocycles. The van der Waals surface area contributed by atoms with E-state index < -0.39 is 0 Å². The Bertz CT molecular complexity index is 911. The van der Waals surface area contributed by atoms with Gasteiger partial charge in [0.1, 0.15) is 0 Å². The van der Waals surface area contributed by atoms with E-state index in [0.717, 1.165) is 40.4 Å². The summed E-state index contributed by atoms with van der Waals surface area (Å²) in [5, 5.41) is 11.8. The highest BCUT2D eigenvalue weighted by molar-refractivity contribution is 7.20. The monoisotopic (exact) mass is 384 g/mol. The molecule has 1 aliphatic carbocycles. The molecule has 2 heterocycles. The normalized spacial score (nSPS) is 14.0. The van der Waals surface area contributed by atoms with Crippen molar-refractivity contribution in [2.45, 2.75) is 12.8 Å². The van der Waals surface area contributed by atoms with E-state index in [1.165, 1.54) is 12.8 Å². The minimum Gasteiger partial charge on any atom is -0.360 e. The van der Waals surface area contributed by atoms with Gasteiger partial charge in [-0.25, -0.2) is 9.50 Å². The molecule has 1 fully saturated rings. The fourth-order valence-electron chi connectivity index (χ4n) is 2.78. The zero-order valence-electron chi connectivity index (χ0n) is 15.6. The number of imidazole rings is 1. The zero-order chi connectivity index (χ0) is 18.8. The van der Waals surface area contributed by atoms with Gasteiger partial charge in [0.15, 0.2) is 0 Å². The van der Waals surface area contributed by atoms with Crippen molar-refractivity contribution in [3.05, 3.63) is 36.0 Å². The van der Waals surface area contributed by atoms with Gasteiger partial charge >= 0.3 is 0 Å². The predicted octanol–water partition coefficient (Wildman–Crippen LogP) is 2.57. The maximum absolute atomic E-state index is 12.3. The minimum absolute atomic E-state index is 0.0654. The molecular formula is C19H24N6OS. The molecular weight excluding hydrogens is 360 g/mol. The van der Waals surface area contributed by atoms with E-state index in [9.17, 15) is 4.79 Å². The molecule has 3 aromatic rings. The van der Waals surface area contributed by atoms with E-state index in [-0.39, 0.29) is 5.91 Å². The Morgan fingerprint density at radius 3 is 2.96 bits per heavy atom. The van der Waals surface area contributed by atoms with Crippen molar-refractivity contribution in [1.82, 2.24) is 24.8 Å². The lowest BCUT2D eigenvalue weighted by atomic mass is 10.1. The average molecular weight is 385 g/mol. The molecule has 7 nitrogen and oxygen atoms in total. The smallest absolute Gasteiger partial charge is 0.251 e. The van der Waals surface area contributed by atoms with Gasteiger partial charge in [0.05, 0.1) is 11.9 Å². The van der Waals surface area contributed by atoms with Crippen LogP contribution in [0.15, 0.2) is 30.5 Å². The number of hydrogen-bond acceptors (Lipinski definition) is 6. The summed E-state index contributed by atoms with van der Waals surface area (Å²) in [5.74, 6) is 0.743. The van der Waals surface area contributed by atoms with Crippen LogP contribution in [-0.2, 0) is 0 Å². The maximum Gasteiger partial charge on any atom is 0.251 e. The molecule has 0 bridgehead atoms. The minimum atomic E-state index is -0.0654. The first-order chi connectivity index (χ1) is 13.1. The van der Waals surface area contributed by atoms with Crippen LogP contribution in [0.1, 0.15) is 23.2 Å². The highest BCUT2D eigenvalue weighted by atomic mass is 32.1. The molecule has 0 unspecified atom stereocenters. The lowest BCUT2D eigenvalue weighted by Gasteiger charge is -2.10. The predicted molar refractivity (Wildman–Crippen MR) is 108 cm³/mol. The van der Waals surface area contributed by atoms with Gasteiger partial charge in [-0.15, -0.1) is 5.10 Å². The van der Waals surface area contributed by atoms with Crippen molar-refractivity contribution < 1.29 is 4.79 Å². The van der Waals surface area contributed by atoms with E-state index in [1.54, 1.807) is 15.9 Å². The fraction of sp³-hybridized carbons (Fsp3) is 0.421. The first kappa shape index (κ1) is 17.9. The summed E-state index contributed by atoms with van der Waals surface area (Å²) in [5.41, 5.74) is 2.38. The van der Waals surface area contributed by atoms with Crippen molar-refractivity contribution in [2.75, 3.05) is 39.0 Å². The summed E-state index contributed by atoms with van der Waals surface area (Å²) in [6.07, 6.45) is 4.55. The van der Waals surface area contributed by atoms with Crippen LogP contribution in [-0.4, -0.2) is 59.1 Å². The van der Waals surface area contributed by atoms with Crippen LogP contribution in [0.25, 0.3) is 16.2 Å². The molecule has 2 N–H and O–H groups in total. The van der Waals surface area contributed by atoms with Crippen LogP contribution in [0.4, 0.5) is 5.13 Å². The molecule has 1 saturated carbocycles. The molecule has 0 radical (unpaired) electrons. The van der Waals surface area contributed by atoms with Gasteiger partial charge in [-0.1, -0.05) is 23.5 Å². The van der Waals surface area contributed by atoms with Crippen molar-refractivity contribution in [3.63, 3.8) is 0 Å². The molecule has 27 heavy (non-hydrogen) atoms. The fourth-order valence-corrected chi connectivity index (χ4v) is 3.57. The molecule has 2 aromatic heterocycles. The van der Waals surface area contributed by atoms with Crippen LogP contribution in [0.5, 0.6) is 0 Å². The number of carbonyl (C=O) groups excluding carboxylic acids is 1. The van der Waals surface area contributed by atoms with Crippen LogP contribution >= 0.6 is 11.3 Å². The van der Waals surface area contributed by atoms with Crippen LogP contribution in [0, 0.1) is 5.92 Å². The lowest BCUT2D eigenvalue weighted by Crippen LogP contribution is -2.31. The number of aromatic nitrogens is 3. The second kappa shape index (κ2) is 7.66. The topological polar surface area (TPSA) is 74.6 Å². The zero-order valence-corrected chi connectivity index (χ0v) is 16.4. The molecule has 1 aliphatic rings. The van der Waals surface area contributed by atoms with Gasteiger partial charge < -0.3 is 15.5 Å². The second-order valence-electron chi connectivity index (χ2n) is 7.22. The summed E-state index contributed by atoms with van der Waals surface area (Å²) in [6.45, 7) is 2.43. The third-order valence-electron chi connectivity index (χ3n) is 4.55.